The number of amides is 1. The van der Waals surface area contributed by atoms with Crippen molar-refractivity contribution in [2.45, 2.75) is 19.4 Å². The summed E-state index contributed by atoms with van der Waals surface area (Å²) in [4.78, 5) is 29.9. The van der Waals surface area contributed by atoms with Crippen LogP contribution >= 0.6 is 0 Å². The lowest BCUT2D eigenvalue weighted by Gasteiger charge is -2.25. The van der Waals surface area contributed by atoms with Gasteiger partial charge < -0.3 is 28.5 Å². The van der Waals surface area contributed by atoms with Crippen LogP contribution in [-0.4, -0.2) is 60.9 Å². The van der Waals surface area contributed by atoms with E-state index >= 15 is 0 Å². The molecule has 2 aromatic heterocycles. The van der Waals surface area contributed by atoms with Crippen molar-refractivity contribution in [3.8, 4) is 5.75 Å². The lowest BCUT2D eigenvalue weighted by Crippen LogP contribution is -2.33. The van der Waals surface area contributed by atoms with E-state index in [9.17, 15) is 14.7 Å². The van der Waals surface area contributed by atoms with Crippen LogP contribution in [0, 0.1) is 6.92 Å². The first-order chi connectivity index (χ1) is 15.3. The van der Waals surface area contributed by atoms with Crippen molar-refractivity contribution in [3.05, 3.63) is 65.0 Å². The van der Waals surface area contributed by atoms with E-state index < -0.39 is 23.5 Å². The van der Waals surface area contributed by atoms with Crippen LogP contribution in [0.25, 0.3) is 11.0 Å². The van der Waals surface area contributed by atoms with Gasteiger partial charge in [0.15, 0.2) is 22.9 Å². The molecule has 0 saturated carbocycles. The monoisotopic (exact) mass is 438 g/mol. The Morgan fingerprint density at radius 3 is 2.66 bits per heavy atom. The third-order valence-electron chi connectivity index (χ3n) is 5.53. The fourth-order valence-corrected chi connectivity index (χ4v) is 4.01. The lowest BCUT2D eigenvalue weighted by molar-refractivity contribution is -0.129. The van der Waals surface area contributed by atoms with Crippen molar-refractivity contribution >= 4 is 22.7 Å². The molecular weight excluding hydrogens is 412 g/mol. The molecule has 8 heteroatoms. The fourth-order valence-electron chi connectivity index (χ4n) is 4.01. The summed E-state index contributed by atoms with van der Waals surface area (Å²) in [6, 6.07) is 9.57. The first-order valence-corrected chi connectivity index (χ1v) is 10.4. The highest BCUT2D eigenvalue weighted by atomic mass is 16.5. The minimum atomic E-state index is -0.832. The van der Waals surface area contributed by atoms with E-state index in [1.165, 1.54) is 12.0 Å². The van der Waals surface area contributed by atoms with Crippen molar-refractivity contribution in [2.75, 3.05) is 34.3 Å². The molecule has 168 valence electrons. The number of benzene rings is 1. The van der Waals surface area contributed by atoms with Gasteiger partial charge in [-0.25, -0.2) is 0 Å². The second kappa shape index (κ2) is 8.55. The van der Waals surface area contributed by atoms with Crippen LogP contribution in [0.2, 0.25) is 0 Å². The van der Waals surface area contributed by atoms with Crippen molar-refractivity contribution in [1.82, 2.24) is 9.80 Å². The largest absolute Gasteiger partial charge is 0.503 e. The van der Waals surface area contributed by atoms with Crippen LogP contribution in [0.15, 0.2) is 56.6 Å². The number of rotatable bonds is 8. The molecule has 0 saturated heterocycles. The van der Waals surface area contributed by atoms with E-state index in [0.29, 0.717) is 41.2 Å². The van der Waals surface area contributed by atoms with Crippen molar-refractivity contribution in [2.24, 2.45) is 0 Å². The Balaban J connectivity index is 1.74. The zero-order valence-corrected chi connectivity index (χ0v) is 18.5. The van der Waals surface area contributed by atoms with Crippen LogP contribution in [0.5, 0.6) is 5.75 Å². The summed E-state index contributed by atoms with van der Waals surface area (Å²) in [6.45, 7) is 2.89. The van der Waals surface area contributed by atoms with Gasteiger partial charge >= 0.3 is 0 Å². The number of aryl methyl sites for hydroxylation is 1. The number of aliphatic hydroxyl groups excluding tert-OH is 1. The molecule has 4 rings (SSSR count). The van der Waals surface area contributed by atoms with E-state index in [4.69, 9.17) is 13.6 Å². The van der Waals surface area contributed by atoms with Gasteiger partial charge in [0.2, 0.25) is 5.78 Å². The lowest BCUT2D eigenvalue weighted by atomic mass is 9.99. The molecule has 1 amide bonds. The maximum atomic E-state index is 13.5. The number of hydrogen-bond acceptors (Lipinski definition) is 7. The Morgan fingerprint density at radius 1 is 1.22 bits per heavy atom. The average Bonchev–Trinajstić information content (AvgIpc) is 3.45. The molecular formula is C24H26N2O6. The minimum absolute atomic E-state index is 0.0160. The van der Waals surface area contributed by atoms with Crippen molar-refractivity contribution in [3.63, 3.8) is 0 Å². The normalized spacial score (nSPS) is 16.6. The Labute approximate surface area is 185 Å². The number of nitrogens with zero attached hydrogens (tertiary/aromatic N) is 2. The SMILES string of the molecule is COc1cccc2cc(C(=O)C3=C(O)C(=O)N(CCCN(C)C)[C@@H]3c3ccc(C)o3)oc12. The number of methoxy groups -OCH3 is 1. The predicted octanol–water partition coefficient (Wildman–Crippen LogP) is 3.87. The number of ether oxygens (including phenoxy) is 1. The third kappa shape index (κ3) is 3.78. The molecule has 3 aromatic rings. The third-order valence-corrected chi connectivity index (χ3v) is 5.53. The summed E-state index contributed by atoms with van der Waals surface area (Å²) in [6.07, 6.45) is 0.672. The molecule has 0 aliphatic carbocycles. The summed E-state index contributed by atoms with van der Waals surface area (Å²) in [5, 5.41) is 11.4. The number of carbonyl (C=O) groups excluding carboxylic acids is 2. The Kier molecular flexibility index (Phi) is 5.80. The molecule has 0 unspecified atom stereocenters. The zero-order valence-electron chi connectivity index (χ0n) is 18.5. The molecule has 3 heterocycles. The topological polar surface area (TPSA) is 96.4 Å². The van der Waals surface area contributed by atoms with Gasteiger partial charge in [-0.3, -0.25) is 9.59 Å². The van der Waals surface area contributed by atoms with E-state index in [0.717, 1.165) is 6.54 Å². The van der Waals surface area contributed by atoms with Gasteiger partial charge in [-0.1, -0.05) is 12.1 Å². The summed E-state index contributed by atoms with van der Waals surface area (Å²) in [7, 11) is 5.41. The number of furan rings is 2. The number of carbonyl (C=O) groups is 2. The zero-order chi connectivity index (χ0) is 23.0. The predicted molar refractivity (Wildman–Crippen MR) is 118 cm³/mol. The highest BCUT2D eigenvalue weighted by molar-refractivity contribution is 6.16. The number of para-hydroxylation sites is 1. The maximum Gasteiger partial charge on any atom is 0.290 e. The number of Topliss-reactive ketones (excluding diaryl/α,β-unsaturated/α-hetero) is 1. The van der Waals surface area contributed by atoms with Gasteiger partial charge in [0.25, 0.3) is 5.91 Å². The highest BCUT2D eigenvalue weighted by Gasteiger charge is 2.45. The molecule has 1 N–H and O–H groups in total. The number of fused-ring (bicyclic) bond motifs is 1. The van der Waals surface area contributed by atoms with Crippen LogP contribution in [0.3, 0.4) is 0 Å². The second-order valence-electron chi connectivity index (χ2n) is 8.09. The van der Waals surface area contributed by atoms with Gasteiger partial charge in [-0.05, 0) is 58.3 Å². The van der Waals surface area contributed by atoms with Crippen LogP contribution < -0.4 is 4.74 Å². The molecule has 8 nitrogen and oxygen atoms in total. The summed E-state index contributed by atoms with van der Waals surface area (Å²) in [5.74, 6) is -0.170. The van der Waals surface area contributed by atoms with E-state index in [2.05, 4.69) is 0 Å². The molecule has 0 fully saturated rings. The Hall–Kier alpha value is -3.52. The first kappa shape index (κ1) is 21.7. The average molecular weight is 438 g/mol. The quantitative estimate of drug-likeness (QED) is 0.533. The molecule has 0 spiro atoms. The summed E-state index contributed by atoms with van der Waals surface area (Å²) in [5.41, 5.74) is 0.378. The molecule has 0 bridgehead atoms. The van der Waals surface area contributed by atoms with Crippen molar-refractivity contribution < 1.29 is 28.3 Å². The number of ketones is 1. The minimum Gasteiger partial charge on any atom is -0.503 e. The van der Waals surface area contributed by atoms with E-state index in [1.807, 2.05) is 19.0 Å². The second-order valence-corrected chi connectivity index (χ2v) is 8.09. The summed E-state index contributed by atoms with van der Waals surface area (Å²) >= 11 is 0. The van der Waals surface area contributed by atoms with Crippen LogP contribution in [-0.2, 0) is 4.79 Å². The molecule has 0 radical (unpaired) electrons. The highest BCUT2D eigenvalue weighted by Crippen LogP contribution is 2.40. The number of aliphatic hydroxyl groups is 1. The van der Waals surface area contributed by atoms with E-state index in [1.54, 1.807) is 43.3 Å². The standard InChI is InChI=1S/C24H26N2O6/c1-14-9-10-16(31-14)20-19(22(28)24(29)26(20)12-6-11-25(2)3)21(27)18-13-15-7-5-8-17(30-4)23(15)32-18/h5,7-10,13,20,28H,6,11-12H2,1-4H3/t20-/m1/s1. The molecule has 1 aliphatic heterocycles. The summed E-state index contributed by atoms with van der Waals surface area (Å²) < 4.78 is 16.9. The fraction of sp³-hybridized carbons (Fsp3) is 0.333. The molecule has 32 heavy (non-hydrogen) atoms. The van der Waals surface area contributed by atoms with Crippen LogP contribution in [0.4, 0.5) is 0 Å². The number of hydrogen-bond donors (Lipinski definition) is 1. The van der Waals surface area contributed by atoms with Gasteiger partial charge in [0.1, 0.15) is 17.6 Å². The smallest absolute Gasteiger partial charge is 0.290 e. The Bertz CT molecular complexity index is 1200. The molecule has 1 aliphatic rings. The van der Waals surface area contributed by atoms with Gasteiger partial charge in [-0.15, -0.1) is 0 Å². The van der Waals surface area contributed by atoms with Gasteiger partial charge in [0, 0.05) is 11.9 Å². The van der Waals surface area contributed by atoms with Gasteiger partial charge in [0.05, 0.1) is 12.7 Å². The Morgan fingerprint density at radius 2 is 2.00 bits per heavy atom. The molecule has 1 atom stereocenters. The van der Waals surface area contributed by atoms with Crippen LogP contribution in [0.1, 0.15) is 34.5 Å². The van der Waals surface area contributed by atoms with E-state index in [-0.39, 0.29) is 11.3 Å². The first-order valence-electron chi connectivity index (χ1n) is 10.4. The molecule has 1 aromatic carbocycles. The van der Waals surface area contributed by atoms with Gasteiger partial charge in [-0.2, -0.15) is 0 Å². The van der Waals surface area contributed by atoms with Crippen molar-refractivity contribution in [1.29, 1.82) is 0 Å². The maximum absolute atomic E-state index is 13.5.